The van der Waals surface area contributed by atoms with Crippen molar-refractivity contribution in [2.24, 2.45) is 11.8 Å². The summed E-state index contributed by atoms with van der Waals surface area (Å²) in [4.78, 5) is 56.5. The highest BCUT2D eigenvalue weighted by Gasteiger charge is 2.55. The number of fused-ring (bicyclic) bond motifs is 4. The van der Waals surface area contributed by atoms with Crippen LogP contribution in [0.5, 0.6) is 0 Å². The van der Waals surface area contributed by atoms with E-state index in [1.54, 1.807) is 13.8 Å². The summed E-state index contributed by atoms with van der Waals surface area (Å²) in [5, 5.41) is 14.8. The molecular weight excluding hydrogens is 856 g/mol. The van der Waals surface area contributed by atoms with Gasteiger partial charge in [0.1, 0.15) is 24.6 Å². The van der Waals surface area contributed by atoms with Crippen molar-refractivity contribution in [2.75, 3.05) is 30.5 Å². The van der Waals surface area contributed by atoms with Gasteiger partial charge in [-0.25, -0.2) is 19.3 Å². The first-order valence-electron chi connectivity index (χ1n) is 18.6. The zero-order chi connectivity index (χ0) is 42.2. The van der Waals surface area contributed by atoms with E-state index in [1.807, 2.05) is 19.2 Å². The van der Waals surface area contributed by atoms with Crippen molar-refractivity contribution in [1.29, 1.82) is 5.26 Å². The molecule has 4 N–H and O–H groups in total. The standard InChI is InChI=1S/C33H48FN9O10P2S2Si/c1-18(2)29(44)41-32-40-28-24(30(45)42-32)38-17-43(28)31-26-25(53-58(6,7)33(3,4)5)23(50-31)15-48-54(46,56)51-22-12-20(39-27-21(34)13-36-16-37-27)11-19(22)14-49-55(57,52-26)47-10-8-9-35/h13,16-20,22-23,25-26,31H,8,10-12,14-15H2,1-7H3,(H,46,56)(H,36,37,39)(H2,40,41,42,44,45)/t19-,20-,22+,23-,25-,26-,31-,54?,55-/m1/s1. The van der Waals surface area contributed by atoms with Crippen LogP contribution in [0.15, 0.2) is 23.6 Å². The van der Waals surface area contributed by atoms with Crippen molar-refractivity contribution in [3.63, 3.8) is 0 Å². The lowest BCUT2D eigenvalue weighted by atomic mass is 10.1. The number of aromatic amines is 1. The molecule has 3 aromatic heterocycles. The van der Waals surface area contributed by atoms with Crippen molar-refractivity contribution >= 4 is 74.2 Å². The number of hydrogen-bond donors (Lipinski definition) is 4. The maximum atomic E-state index is 14.5. The number of aromatic nitrogens is 6. The first-order chi connectivity index (χ1) is 27.2. The Morgan fingerprint density at radius 1 is 1.21 bits per heavy atom. The molecule has 25 heteroatoms. The minimum Gasteiger partial charge on any atom is -0.408 e. The van der Waals surface area contributed by atoms with Crippen molar-refractivity contribution in [3.05, 3.63) is 35.0 Å². The molecule has 1 aliphatic carbocycles. The van der Waals surface area contributed by atoms with Gasteiger partial charge in [0.2, 0.25) is 11.9 Å². The van der Waals surface area contributed by atoms with E-state index in [1.165, 1.54) is 17.2 Å². The number of hydrogen-bond acceptors (Lipinski definition) is 17. The van der Waals surface area contributed by atoms with Crippen LogP contribution in [0, 0.1) is 29.0 Å². The summed E-state index contributed by atoms with van der Waals surface area (Å²) < 4.78 is 61.2. The second kappa shape index (κ2) is 17.7. The summed E-state index contributed by atoms with van der Waals surface area (Å²) >= 11 is 11.6. The molecule has 3 aromatic rings. The lowest BCUT2D eigenvalue weighted by Crippen LogP contribution is -2.50. The fourth-order valence-corrected chi connectivity index (χ4v) is 11.3. The lowest BCUT2D eigenvalue weighted by Gasteiger charge is -2.41. The van der Waals surface area contributed by atoms with Gasteiger partial charge in [0, 0.05) is 17.9 Å². The average Bonchev–Trinajstić information content (AvgIpc) is 3.82. The third-order valence-electron chi connectivity index (χ3n) is 10.5. The summed E-state index contributed by atoms with van der Waals surface area (Å²) in [6.07, 6.45) is -0.859. The number of nitrogens with one attached hydrogen (secondary N) is 3. The largest absolute Gasteiger partial charge is 0.408 e. The number of amides is 1. The highest BCUT2D eigenvalue weighted by molar-refractivity contribution is 8.07. The fourth-order valence-electron chi connectivity index (χ4n) is 6.40. The summed E-state index contributed by atoms with van der Waals surface area (Å²) in [7, 11) is -2.69. The first-order valence-corrected chi connectivity index (χ1v) is 26.7. The van der Waals surface area contributed by atoms with Crippen molar-refractivity contribution in [1.82, 2.24) is 29.5 Å². The number of ether oxygens (including phenoxy) is 1. The monoisotopic (exact) mass is 903 g/mol. The van der Waals surface area contributed by atoms with Gasteiger partial charge in [-0.2, -0.15) is 10.2 Å². The molecule has 3 fully saturated rings. The normalized spacial score (nSPS) is 30.9. The van der Waals surface area contributed by atoms with Gasteiger partial charge < -0.3 is 37.5 Å². The Hall–Kier alpha value is -2.68. The third kappa shape index (κ3) is 10.3. The number of imidazole rings is 1. The number of nitriles is 1. The molecule has 5 heterocycles. The molecule has 1 amide bonds. The number of anilines is 2. The predicted molar refractivity (Wildman–Crippen MR) is 218 cm³/mol. The van der Waals surface area contributed by atoms with Crippen LogP contribution in [0.4, 0.5) is 16.2 Å². The van der Waals surface area contributed by atoms with Crippen LogP contribution in [-0.2, 0) is 60.2 Å². The van der Waals surface area contributed by atoms with E-state index in [9.17, 15) is 24.1 Å². The van der Waals surface area contributed by atoms with Crippen LogP contribution in [0.2, 0.25) is 18.1 Å². The number of halogens is 1. The zero-order valence-corrected chi connectivity index (χ0v) is 37.4. The van der Waals surface area contributed by atoms with E-state index < -0.39 is 81.7 Å². The van der Waals surface area contributed by atoms with E-state index in [-0.39, 0.29) is 66.5 Å². The summed E-state index contributed by atoms with van der Waals surface area (Å²) in [6, 6.07) is 1.65. The van der Waals surface area contributed by atoms with E-state index >= 15 is 0 Å². The average molecular weight is 904 g/mol. The van der Waals surface area contributed by atoms with Crippen LogP contribution >= 0.6 is 13.4 Å². The quantitative estimate of drug-likeness (QED) is 0.119. The number of carbonyl (C=O) groups is 1. The van der Waals surface area contributed by atoms with Crippen molar-refractivity contribution in [2.45, 2.75) is 109 Å². The Kier molecular flexibility index (Phi) is 13.7. The van der Waals surface area contributed by atoms with Gasteiger partial charge in [0.15, 0.2) is 37.3 Å². The van der Waals surface area contributed by atoms with Crippen LogP contribution in [0.1, 0.15) is 60.1 Å². The highest BCUT2D eigenvalue weighted by Crippen LogP contribution is 2.58. The van der Waals surface area contributed by atoms with Gasteiger partial charge in [-0.1, -0.05) is 34.6 Å². The maximum Gasteiger partial charge on any atom is 0.327 e. The van der Waals surface area contributed by atoms with Crippen molar-refractivity contribution < 1.29 is 45.9 Å². The first kappa shape index (κ1) is 44.9. The van der Waals surface area contributed by atoms with Gasteiger partial charge in [-0.15, -0.1) is 0 Å². The van der Waals surface area contributed by atoms with E-state index in [0.29, 0.717) is 6.42 Å². The number of rotatable bonds is 10. The van der Waals surface area contributed by atoms with Gasteiger partial charge in [-0.05, 0) is 54.6 Å². The van der Waals surface area contributed by atoms with Gasteiger partial charge in [0.05, 0.1) is 50.9 Å². The molecule has 0 aromatic carbocycles. The van der Waals surface area contributed by atoms with Crippen LogP contribution in [0.25, 0.3) is 11.2 Å². The minimum absolute atomic E-state index is 0.00634. The molecule has 1 unspecified atom stereocenters. The highest BCUT2D eigenvalue weighted by atomic mass is 32.5. The van der Waals surface area contributed by atoms with Gasteiger partial charge in [-0.3, -0.25) is 29.0 Å². The molecule has 19 nitrogen and oxygen atoms in total. The molecule has 0 radical (unpaired) electrons. The van der Waals surface area contributed by atoms with E-state index in [4.69, 9.17) is 55.4 Å². The Bertz CT molecular complexity index is 2190. The zero-order valence-electron chi connectivity index (χ0n) is 33.0. The number of H-pyrrole nitrogens is 1. The van der Waals surface area contributed by atoms with E-state index in [2.05, 4.69) is 56.3 Å². The smallest absolute Gasteiger partial charge is 0.327 e. The second-order valence-corrected chi connectivity index (χ2v) is 26.6. The third-order valence-corrected chi connectivity index (χ3v) is 18.9. The molecule has 318 valence electrons. The molecule has 9 atom stereocenters. The van der Waals surface area contributed by atoms with Crippen LogP contribution in [-0.4, -0.2) is 98.9 Å². The number of nitrogens with zero attached hydrogens (tertiary/aromatic N) is 6. The lowest BCUT2D eigenvalue weighted by molar-refractivity contribution is -0.118. The van der Waals surface area contributed by atoms with Crippen molar-refractivity contribution in [3.8, 4) is 6.07 Å². The minimum atomic E-state index is -4.01. The molecular formula is C33H48FN9O10P2S2Si. The molecule has 2 bridgehead atoms. The van der Waals surface area contributed by atoms with Gasteiger partial charge >= 0.3 is 13.4 Å². The number of carbonyl (C=O) groups excluding carboxylic acids is 1. The summed E-state index contributed by atoms with van der Waals surface area (Å²) in [5.41, 5.74) is -0.640. The second-order valence-electron chi connectivity index (χ2n) is 16.0. The van der Waals surface area contributed by atoms with Gasteiger partial charge in [0.25, 0.3) is 5.56 Å². The Labute approximate surface area is 345 Å². The Morgan fingerprint density at radius 2 is 1.97 bits per heavy atom. The molecule has 2 saturated heterocycles. The predicted octanol–water partition coefficient (Wildman–Crippen LogP) is 5.01. The Morgan fingerprint density at radius 3 is 2.66 bits per heavy atom. The maximum absolute atomic E-state index is 14.5. The van der Waals surface area contributed by atoms with E-state index in [0.717, 1.165) is 6.20 Å². The fraction of sp³-hybridized carbons (Fsp3) is 0.667. The summed E-state index contributed by atoms with van der Waals surface area (Å²) in [6.45, 7) is 5.21. The molecule has 1 saturated carbocycles. The van der Waals surface area contributed by atoms with Crippen LogP contribution < -0.4 is 16.2 Å². The molecule has 58 heavy (non-hydrogen) atoms. The molecule has 6 rings (SSSR count). The molecule has 3 aliphatic rings. The molecule has 0 spiro atoms. The van der Waals surface area contributed by atoms with Crippen LogP contribution in [0.3, 0.4) is 0 Å². The summed E-state index contributed by atoms with van der Waals surface area (Å²) in [5.74, 6) is -2.04. The SMILES string of the molecule is CC(C)C(=O)Nc1nc2c(ncn2[C@@H]2O[C@@H]3COP(O)(=S)O[C@H]4C[C@H](Nc5ncncc5F)C[C@@H]4CO[P@](=S)(OCCC#N)O[C@@H]2[C@@H]3O[Si](C)(C)C(C)(C)C)c(=O)[nH]1. The molecule has 2 aliphatic heterocycles. The Balaban J connectivity index is 1.42. The topological polar surface area (TPSA) is 239 Å².